The van der Waals surface area contributed by atoms with Gasteiger partial charge in [0.15, 0.2) is 17.3 Å². The summed E-state index contributed by atoms with van der Waals surface area (Å²) in [4.78, 5) is 4.40. The quantitative estimate of drug-likeness (QED) is 0.851. The number of aliphatic hydroxyl groups is 1. The highest BCUT2D eigenvalue weighted by Crippen LogP contribution is 2.28. The van der Waals surface area contributed by atoms with Gasteiger partial charge in [0, 0.05) is 13.0 Å². The van der Waals surface area contributed by atoms with Gasteiger partial charge in [0.25, 0.3) is 0 Å². The highest BCUT2D eigenvalue weighted by molar-refractivity contribution is 5.85. The molecule has 2 atom stereocenters. The summed E-state index contributed by atoms with van der Waals surface area (Å²) in [7, 11) is 3.21. The summed E-state index contributed by atoms with van der Waals surface area (Å²) in [5.41, 5.74) is 1.00. The van der Waals surface area contributed by atoms with Gasteiger partial charge >= 0.3 is 0 Å². The molecule has 2 aromatic rings. The SMILES string of the molecule is COc1ccc(Cc2noc([C@H]3C[C@H](O)CN3)n2)cc1OC.Cl. The topological polar surface area (TPSA) is 89.6 Å². The first kappa shape index (κ1) is 17.5. The number of hydrogen-bond donors (Lipinski definition) is 2. The minimum Gasteiger partial charge on any atom is -0.493 e. The van der Waals surface area contributed by atoms with E-state index in [0.29, 0.717) is 42.6 Å². The van der Waals surface area contributed by atoms with Crippen LogP contribution in [-0.2, 0) is 6.42 Å². The van der Waals surface area contributed by atoms with E-state index in [1.54, 1.807) is 14.2 Å². The summed E-state index contributed by atoms with van der Waals surface area (Å²) in [6.07, 6.45) is 0.781. The molecule has 1 saturated heterocycles. The second-order valence-electron chi connectivity index (χ2n) is 5.27. The van der Waals surface area contributed by atoms with Crippen molar-refractivity contribution in [2.45, 2.75) is 25.0 Å². The average Bonchev–Trinajstić information content (AvgIpc) is 3.16. The molecule has 1 aromatic carbocycles. The Morgan fingerprint density at radius 3 is 2.74 bits per heavy atom. The van der Waals surface area contributed by atoms with Crippen LogP contribution in [-0.4, -0.2) is 42.1 Å². The molecule has 1 aliphatic heterocycles. The number of aliphatic hydroxyl groups excluding tert-OH is 1. The third-order valence-corrected chi connectivity index (χ3v) is 3.70. The van der Waals surface area contributed by atoms with E-state index in [9.17, 15) is 5.11 Å². The van der Waals surface area contributed by atoms with Gasteiger partial charge in [0.1, 0.15) is 0 Å². The molecule has 3 rings (SSSR count). The zero-order chi connectivity index (χ0) is 15.5. The summed E-state index contributed by atoms with van der Waals surface area (Å²) in [5, 5.41) is 16.7. The van der Waals surface area contributed by atoms with Crippen molar-refractivity contribution in [1.29, 1.82) is 0 Å². The lowest BCUT2D eigenvalue weighted by molar-refractivity contribution is 0.191. The van der Waals surface area contributed by atoms with Gasteiger partial charge in [-0.1, -0.05) is 11.2 Å². The highest BCUT2D eigenvalue weighted by Gasteiger charge is 2.28. The smallest absolute Gasteiger partial charge is 0.243 e. The molecular formula is C15H20ClN3O4. The number of aromatic nitrogens is 2. The number of ether oxygens (including phenoxy) is 2. The van der Waals surface area contributed by atoms with Gasteiger partial charge < -0.3 is 24.4 Å². The third-order valence-electron chi connectivity index (χ3n) is 3.70. The summed E-state index contributed by atoms with van der Waals surface area (Å²) in [5.74, 6) is 2.48. The highest BCUT2D eigenvalue weighted by atomic mass is 35.5. The number of hydrogen-bond acceptors (Lipinski definition) is 7. The van der Waals surface area contributed by atoms with E-state index in [0.717, 1.165) is 5.56 Å². The fraction of sp³-hybridized carbons (Fsp3) is 0.467. The van der Waals surface area contributed by atoms with Crippen molar-refractivity contribution < 1.29 is 19.1 Å². The molecule has 0 unspecified atom stereocenters. The van der Waals surface area contributed by atoms with Crippen LogP contribution >= 0.6 is 12.4 Å². The van der Waals surface area contributed by atoms with Gasteiger partial charge in [-0.25, -0.2) is 0 Å². The van der Waals surface area contributed by atoms with Gasteiger partial charge in [-0.3, -0.25) is 0 Å². The van der Waals surface area contributed by atoms with Crippen molar-refractivity contribution in [2.75, 3.05) is 20.8 Å². The zero-order valence-electron chi connectivity index (χ0n) is 13.0. The fourth-order valence-electron chi connectivity index (χ4n) is 2.56. The predicted octanol–water partition coefficient (Wildman–Crippen LogP) is 1.49. The van der Waals surface area contributed by atoms with E-state index >= 15 is 0 Å². The summed E-state index contributed by atoms with van der Waals surface area (Å²) >= 11 is 0. The first-order chi connectivity index (χ1) is 10.7. The van der Waals surface area contributed by atoms with E-state index in [-0.39, 0.29) is 24.6 Å². The molecule has 1 aliphatic rings. The number of nitrogens with zero attached hydrogens (tertiary/aromatic N) is 2. The number of nitrogens with one attached hydrogen (secondary N) is 1. The van der Waals surface area contributed by atoms with Crippen molar-refractivity contribution in [1.82, 2.24) is 15.5 Å². The van der Waals surface area contributed by atoms with Crippen molar-refractivity contribution >= 4 is 12.4 Å². The van der Waals surface area contributed by atoms with Crippen LogP contribution in [0, 0.1) is 0 Å². The maximum absolute atomic E-state index is 9.53. The van der Waals surface area contributed by atoms with E-state index < -0.39 is 0 Å². The van der Waals surface area contributed by atoms with Gasteiger partial charge in [-0.2, -0.15) is 4.98 Å². The molecule has 7 nitrogen and oxygen atoms in total. The molecule has 2 heterocycles. The van der Waals surface area contributed by atoms with Crippen molar-refractivity contribution in [3.63, 3.8) is 0 Å². The van der Waals surface area contributed by atoms with Crippen LogP contribution in [0.3, 0.4) is 0 Å². The van der Waals surface area contributed by atoms with Gasteiger partial charge in [0.05, 0.1) is 26.4 Å². The van der Waals surface area contributed by atoms with Gasteiger partial charge in [0.2, 0.25) is 5.89 Å². The Kier molecular flexibility index (Phi) is 5.81. The molecule has 0 radical (unpaired) electrons. The molecule has 0 spiro atoms. The zero-order valence-corrected chi connectivity index (χ0v) is 13.8. The Morgan fingerprint density at radius 1 is 1.30 bits per heavy atom. The maximum atomic E-state index is 9.53. The molecule has 0 saturated carbocycles. The Labute approximate surface area is 140 Å². The van der Waals surface area contributed by atoms with Crippen LogP contribution in [0.1, 0.15) is 29.7 Å². The Hall–Kier alpha value is -1.83. The second-order valence-corrected chi connectivity index (χ2v) is 5.27. The number of benzene rings is 1. The second kappa shape index (κ2) is 7.63. The molecule has 126 valence electrons. The molecule has 0 aliphatic carbocycles. The summed E-state index contributed by atoms with van der Waals surface area (Å²) in [6.45, 7) is 0.554. The largest absolute Gasteiger partial charge is 0.493 e. The van der Waals surface area contributed by atoms with Crippen LogP contribution in [0.25, 0.3) is 0 Å². The first-order valence-corrected chi connectivity index (χ1v) is 7.14. The maximum Gasteiger partial charge on any atom is 0.243 e. The lowest BCUT2D eigenvalue weighted by Gasteiger charge is -2.08. The normalized spacial score (nSPS) is 20.1. The van der Waals surface area contributed by atoms with Crippen LogP contribution < -0.4 is 14.8 Å². The van der Waals surface area contributed by atoms with Crippen LogP contribution in [0.2, 0.25) is 0 Å². The Bertz CT molecular complexity index is 649. The fourth-order valence-corrected chi connectivity index (χ4v) is 2.56. The molecule has 1 aromatic heterocycles. The molecule has 0 amide bonds. The Morgan fingerprint density at radius 2 is 2.09 bits per heavy atom. The van der Waals surface area contributed by atoms with E-state index in [2.05, 4.69) is 15.5 Å². The van der Waals surface area contributed by atoms with Crippen LogP contribution in [0.4, 0.5) is 0 Å². The molecular weight excluding hydrogens is 322 g/mol. The van der Waals surface area contributed by atoms with Crippen LogP contribution in [0.15, 0.2) is 22.7 Å². The standard InChI is InChI=1S/C15H19N3O4.ClH/c1-20-12-4-3-9(5-13(12)21-2)6-14-17-15(22-18-14)11-7-10(19)8-16-11;/h3-5,10-11,16,19H,6-8H2,1-2H3;1H/t10-,11+;/m0./s1. The van der Waals surface area contributed by atoms with Crippen molar-refractivity contribution in [2.24, 2.45) is 0 Å². The average molecular weight is 342 g/mol. The van der Waals surface area contributed by atoms with Crippen molar-refractivity contribution in [3.8, 4) is 11.5 Å². The van der Waals surface area contributed by atoms with E-state index in [1.165, 1.54) is 0 Å². The van der Waals surface area contributed by atoms with Crippen LogP contribution in [0.5, 0.6) is 11.5 Å². The lowest BCUT2D eigenvalue weighted by atomic mass is 10.1. The van der Waals surface area contributed by atoms with Gasteiger partial charge in [-0.05, 0) is 24.1 Å². The molecule has 8 heteroatoms. The summed E-state index contributed by atoms with van der Waals surface area (Å²) in [6, 6.07) is 5.62. The van der Waals surface area contributed by atoms with E-state index in [4.69, 9.17) is 14.0 Å². The third kappa shape index (κ3) is 3.93. The Balaban J connectivity index is 0.00000192. The minimum atomic E-state index is -0.355. The number of β-amino-alcohol motifs (C(OH)–C–C–N with tert-alkyl or cyclic N) is 1. The monoisotopic (exact) mass is 341 g/mol. The molecule has 0 bridgehead atoms. The molecule has 23 heavy (non-hydrogen) atoms. The lowest BCUT2D eigenvalue weighted by Crippen LogP contribution is -2.15. The number of methoxy groups -OCH3 is 2. The minimum absolute atomic E-state index is 0. The number of halogens is 1. The predicted molar refractivity (Wildman–Crippen MR) is 85.3 cm³/mol. The summed E-state index contributed by atoms with van der Waals surface area (Å²) < 4.78 is 15.8. The molecule has 1 fully saturated rings. The molecule has 2 N–H and O–H groups in total. The first-order valence-electron chi connectivity index (χ1n) is 7.14. The van der Waals surface area contributed by atoms with Gasteiger partial charge in [-0.15, -0.1) is 12.4 Å². The van der Waals surface area contributed by atoms with E-state index in [1.807, 2.05) is 18.2 Å². The number of rotatable bonds is 5. The van der Waals surface area contributed by atoms with Crippen molar-refractivity contribution in [3.05, 3.63) is 35.5 Å².